The van der Waals surface area contributed by atoms with E-state index in [2.05, 4.69) is 4.98 Å². The van der Waals surface area contributed by atoms with Gasteiger partial charge in [-0.25, -0.2) is 9.37 Å². The second-order valence-corrected chi connectivity index (χ2v) is 4.21. The molecule has 0 fully saturated rings. The molecule has 100 valence electrons. The maximum absolute atomic E-state index is 13.5. The van der Waals surface area contributed by atoms with Crippen molar-refractivity contribution in [3.63, 3.8) is 0 Å². The number of nitrogens with zero attached hydrogens (tertiary/aromatic N) is 1. The van der Waals surface area contributed by atoms with Crippen LogP contribution in [-0.4, -0.2) is 31.1 Å². The number of aldehydes is 1. The summed E-state index contributed by atoms with van der Waals surface area (Å²) in [6, 6.07) is 5.79. The lowest BCUT2D eigenvalue weighted by molar-refractivity contribution is 0.0927. The average Bonchev–Trinajstić information content (AvgIpc) is 2.38. The van der Waals surface area contributed by atoms with Gasteiger partial charge in [0.2, 0.25) is 0 Å². The largest absolute Gasteiger partial charge is 0.486 e. The zero-order chi connectivity index (χ0) is 13.8. The van der Waals surface area contributed by atoms with Crippen molar-refractivity contribution >= 4 is 17.2 Å². The molecule has 1 aromatic carbocycles. The zero-order valence-electron chi connectivity index (χ0n) is 10.7. The normalized spacial score (nSPS) is 12.4. The van der Waals surface area contributed by atoms with Crippen LogP contribution < -0.4 is 4.74 Å². The van der Waals surface area contributed by atoms with Gasteiger partial charge in [0.15, 0.2) is 6.29 Å². The summed E-state index contributed by atoms with van der Waals surface area (Å²) in [4.78, 5) is 14.9. The molecule has 1 heterocycles. The minimum Gasteiger partial charge on any atom is -0.486 e. The summed E-state index contributed by atoms with van der Waals surface area (Å²) in [5, 5.41) is 0.588. The van der Waals surface area contributed by atoms with Crippen LogP contribution in [0, 0.1) is 5.82 Å². The number of ether oxygens (including phenoxy) is 2. The monoisotopic (exact) mass is 263 g/mol. The van der Waals surface area contributed by atoms with Gasteiger partial charge in [-0.05, 0) is 19.1 Å². The number of hydrogen-bond donors (Lipinski definition) is 0. The predicted molar refractivity (Wildman–Crippen MR) is 69.1 cm³/mol. The van der Waals surface area contributed by atoms with Crippen molar-refractivity contribution in [2.45, 2.75) is 13.0 Å². The van der Waals surface area contributed by atoms with E-state index in [1.807, 2.05) is 6.92 Å². The number of rotatable bonds is 5. The maximum Gasteiger partial charge on any atom is 0.168 e. The van der Waals surface area contributed by atoms with Crippen LogP contribution in [0.25, 0.3) is 10.9 Å². The molecule has 0 aliphatic rings. The van der Waals surface area contributed by atoms with Crippen LogP contribution in [0.4, 0.5) is 4.39 Å². The molecule has 0 N–H and O–H groups in total. The summed E-state index contributed by atoms with van der Waals surface area (Å²) in [5.41, 5.74) is 0.748. The quantitative estimate of drug-likeness (QED) is 0.778. The fourth-order valence-corrected chi connectivity index (χ4v) is 1.82. The smallest absolute Gasteiger partial charge is 0.168 e. The molecule has 4 nitrogen and oxygen atoms in total. The van der Waals surface area contributed by atoms with Gasteiger partial charge in [-0.1, -0.05) is 6.07 Å². The van der Waals surface area contributed by atoms with E-state index in [-0.39, 0.29) is 11.8 Å². The molecule has 1 unspecified atom stereocenters. The molecule has 2 aromatic rings. The highest BCUT2D eigenvalue weighted by Crippen LogP contribution is 2.26. The number of aromatic nitrogens is 1. The standard InChI is InChI=1S/C14H14FNO3/c1-9(8-18-2)19-13-6-11(15)5-10-3-4-12(7-17)16-14(10)13/h3-7,9H,8H2,1-2H3. The molecule has 19 heavy (non-hydrogen) atoms. The first-order chi connectivity index (χ1) is 9.13. The molecule has 0 radical (unpaired) electrons. The van der Waals surface area contributed by atoms with E-state index < -0.39 is 5.82 Å². The Morgan fingerprint density at radius 1 is 1.42 bits per heavy atom. The summed E-state index contributed by atoms with van der Waals surface area (Å²) in [6.07, 6.45) is 0.405. The molecule has 0 bridgehead atoms. The molecule has 0 spiro atoms. The Morgan fingerprint density at radius 3 is 2.89 bits per heavy atom. The van der Waals surface area contributed by atoms with Crippen molar-refractivity contribution < 1.29 is 18.7 Å². The van der Waals surface area contributed by atoms with Gasteiger partial charge < -0.3 is 9.47 Å². The van der Waals surface area contributed by atoms with Gasteiger partial charge in [-0.15, -0.1) is 0 Å². The molecule has 0 aliphatic carbocycles. The minimum absolute atomic E-state index is 0.239. The number of benzene rings is 1. The number of carbonyl (C=O) groups excluding carboxylic acids is 1. The number of carbonyl (C=O) groups is 1. The van der Waals surface area contributed by atoms with Gasteiger partial charge in [0.1, 0.15) is 28.9 Å². The van der Waals surface area contributed by atoms with Crippen molar-refractivity contribution in [2.75, 3.05) is 13.7 Å². The van der Waals surface area contributed by atoms with E-state index >= 15 is 0 Å². The van der Waals surface area contributed by atoms with Crippen molar-refractivity contribution in [3.8, 4) is 5.75 Å². The summed E-state index contributed by atoms with van der Waals surface area (Å²) < 4.78 is 24.1. The van der Waals surface area contributed by atoms with E-state index in [9.17, 15) is 9.18 Å². The van der Waals surface area contributed by atoms with Crippen molar-refractivity contribution in [2.24, 2.45) is 0 Å². The number of halogens is 1. The molecule has 0 saturated carbocycles. The predicted octanol–water partition coefficient (Wildman–Crippen LogP) is 2.60. The molecule has 0 aliphatic heterocycles. The third kappa shape index (κ3) is 3.06. The van der Waals surface area contributed by atoms with Gasteiger partial charge in [-0.3, -0.25) is 4.79 Å². The molecule has 2 rings (SSSR count). The van der Waals surface area contributed by atoms with Crippen LogP contribution in [0.5, 0.6) is 5.75 Å². The molecule has 0 amide bonds. The van der Waals surface area contributed by atoms with Gasteiger partial charge in [-0.2, -0.15) is 0 Å². The lowest BCUT2D eigenvalue weighted by Gasteiger charge is -2.15. The third-order valence-corrected chi connectivity index (χ3v) is 2.59. The van der Waals surface area contributed by atoms with Crippen LogP contribution in [0.1, 0.15) is 17.4 Å². The highest BCUT2D eigenvalue weighted by atomic mass is 19.1. The highest BCUT2D eigenvalue weighted by molar-refractivity contribution is 5.87. The van der Waals surface area contributed by atoms with E-state index in [0.29, 0.717) is 29.5 Å². The topological polar surface area (TPSA) is 48.4 Å². The van der Waals surface area contributed by atoms with Crippen LogP contribution in [-0.2, 0) is 4.74 Å². The van der Waals surface area contributed by atoms with Crippen LogP contribution >= 0.6 is 0 Å². The summed E-state index contributed by atoms with van der Waals surface area (Å²) >= 11 is 0. The van der Waals surface area contributed by atoms with Crippen LogP contribution in [0.3, 0.4) is 0 Å². The number of pyridine rings is 1. The Balaban J connectivity index is 2.47. The van der Waals surface area contributed by atoms with E-state index in [1.165, 1.54) is 18.2 Å². The minimum atomic E-state index is -0.409. The van der Waals surface area contributed by atoms with Gasteiger partial charge in [0.05, 0.1) is 6.61 Å². The third-order valence-electron chi connectivity index (χ3n) is 2.59. The molecule has 5 heteroatoms. The summed E-state index contributed by atoms with van der Waals surface area (Å²) in [6.45, 7) is 2.19. The van der Waals surface area contributed by atoms with E-state index in [4.69, 9.17) is 9.47 Å². The van der Waals surface area contributed by atoms with Gasteiger partial charge in [0, 0.05) is 18.6 Å². The molecular formula is C14H14FNO3. The average molecular weight is 263 g/mol. The maximum atomic E-state index is 13.5. The van der Waals surface area contributed by atoms with Crippen molar-refractivity contribution in [1.29, 1.82) is 0 Å². The van der Waals surface area contributed by atoms with Crippen molar-refractivity contribution in [3.05, 3.63) is 35.8 Å². The zero-order valence-corrected chi connectivity index (χ0v) is 10.7. The molecular weight excluding hydrogens is 249 g/mol. The highest BCUT2D eigenvalue weighted by Gasteiger charge is 2.11. The van der Waals surface area contributed by atoms with Gasteiger partial charge >= 0.3 is 0 Å². The van der Waals surface area contributed by atoms with E-state index in [1.54, 1.807) is 13.2 Å². The molecule has 0 saturated heterocycles. The van der Waals surface area contributed by atoms with E-state index in [0.717, 1.165) is 0 Å². The lowest BCUT2D eigenvalue weighted by atomic mass is 10.2. The Morgan fingerprint density at radius 2 is 2.21 bits per heavy atom. The number of hydrogen-bond acceptors (Lipinski definition) is 4. The van der Waals surface area contributed by atoms with Gasteiger partial charge in [0.25, 0.3) is 0 Å². The van der Waals surface area contributed by atoms with Crippen LogP contribution in [0.2, 0.25) is 0 Å². The summed E-state index contributed by atoms with van der Waals surface area (Å²) in [7, 11) is 1.56. The number of methoxy groups -OCH3 is 1. The SMILES string of the molecule is COCC(C)Oc1cc(F)cc2ccc(C=O)nc12. The Kier molecular flexibility index (Phi) is 4.06. The first-order valence-electron chi connectivity index (χ1n) is 5.85. The number of fused-ring (bicyclic) bond motifs is 1. The lowest BCUT2D eigenvalue weighted by Crippen LogP contribution is -2.18. The molecule has 1 aromatic heterocycles. The van der Waals surface area contributed by atoms with Crippen LogP contribution in [0.15, 0.2) is 24.3 Å². The Hall–Kier alpha value is -2.01. The summed E-state index contributed by atoms with van der Waals surface area (Å²) in [5.74, 6) is -0.101. The fourth-order valence-electron chi connectivity index (χ4n) is 1.82. The first-order valence-corrected chi connectivity index (χ1v) is 5.85. The second kappa shape index (κ2) is 5.75. The second-order valence-electron chi connectivity index (χ2n) is 4.21. The van der Waals surface area contributed by atoms with Crippen molar-refractivity contribution in [1.82, 2.24) is 4.98 Å². The molecule has 1 atom stereocenters. The Bertz CT molecular complexity index is 601. The first kappa shape index (κ1) is 13.4. The Labute approximate surface area is 110 Å². The fraction of sp³-hybridized carbons (Fsp3) is 0.286.